The lowest BCUT2D eigenvalue weighted by molar-refractivity contribution is -0.137. The maximum absolute atomic E-state index is 13.0. The van der Waals surface area contributed by atoms with Crippen LogP contribution in [-0.2, 0) is 6.18 Å². The summed E-state index contributed by atoms with van der Waals surface area (Å²) < 4.78 is 45.0. The molecule has 0 radical (unpaired) electrons. The monoisotopic (exact) mass is 384 g/mol. The zero-order valence-corrected chi connectivity index (χ0v) is 14.3. The number of carbonyl (C=O) groups is 1. The van der Waals surface area contributed by atoms with Gasteiger partial charge in [0.1, 0.15) is 11.6 Å². The smallest absolute Gasteiger partial charge is 0.361 e. The second kappa shape index (κ2) is 6.49. The summed E-state index contributed by atoms with van der Waals surface area (Å²) >= 11 is 6.05. The zero-order valence-electron chi connectivity index (χ0n) is 13.6. The lowest BCUT2D eigenvalue weighted by Crippen LogP contribution is -2.16. The molecule has 0 fully saturated rings. The number of nitrogens with zero attached hydrogens (tertiary/aromatic N) is 3. The van der Waals surface area contributed by atoms with Gasteiger partial charge in [-0.25, -0.2) is 4.68 Å². The molecule has 2 aromatic heterocycles. The third-order valence-corrected chi connectivity index (χ3v) is 3.75. The van der Waals surface area contributed by atoms with Crippen LogP contribution in [0, 0.1) is 13.8 Å². The van der Waals surface area contributed by atoms with Crippen molar-refractivity contribution in [3.05, 3.63) is 58.1 Å². The number of anilines is 1. The molecule has 1 amide bonds. The maximum atomic E-state index is 13.0. The van der Waals surface area contributed by atoms with E-state index in [0.29, 0.717) is 11.5 Å². The highest BCUT2D eigenvalue weighted by Gasteiger charge is 2.31. The Bertz CT molecular complexity index is 978. The average molecular weight is 385 g/mol. The largest absolute Gasteiger partial charge is 0.416 e. The van der Waals surface area contributed by atoms with Gasteiger partial charge in [0.25, 0.3) is 5.91 Å². The van der Waals surface area contributed by atoms with E-state index in [-0.39, 0.29) is 22.2 Å². The summed E-state index contributed by atoms with van der Waals surface area (Å²) in [5.41, 5.74) is -0.385. The predicted molar refractivity (Wildman–Crippen MR) is 87.5 cm³/mol. The molecular formula is C16H12ClF3N4O2. The molecule has 0 atom stereocenters. The lowest BCUT2D eigenvalue weighted by Gasteiger charge is -2.13. The number of carbonyl (C=O) groups excluding carboxylic acids is 1. The fraction of sp³-hybridized carbons (Fsp3) is 0.188. The summed E-state index contributed by atoms with van der Waals surface area (Å²) in [6.07, 6.45) is -4.54. The highest BCUT2D eigenvalue weighted by Crippen LogP contribution is 2.34. The van der Waals surface area contributed by atoms with Crippen LogP contribution in [0.5, 0.6) is 0 Å². The van der Waals surface area contributed by atoms with Crippen molar-refractivity contribution in [2.24, 2.45) is 0 Å². The summed E-state index contributed by atoms with van der Waals surface area (Å²) in [6.45, 7) is 3.26. The molecule has 0 saturated heterocycles. The molecule has 1 aromatic carbocycles. The van der Waals surface area contributed by atoms with E-state index < -0.39 is 17.6 Å². The summed E-state index contributed by atoms with van der Waals surface area (Å²) in [5.74, 6) is 0.00115. The van der Waals surface area contributed by atoms with Gasteiger partial charge in [0.15, 0.2) is 5.69 Å². The molecule has 0 saturated carbocycles. The third-order valence-electron chi connectivity index (χ3n) is 3.44. The van der Waals surface area contributed by atoms with Gasteiger partial charge in [-0.05, 0) is 32.0 Å². The van der Waals surface area contributed by atoms with E-state index in [1.54, 1.807) is 13.8 Å². The summed E-state index contributed by atoms with van der Waals surface area (Å²) in [4.78, 5) is 12.2. The number of hydrogen-bond acceptors (Lipinski definition) is 4. The van der Waals surface area contributed by atoms with Gasteiger partial charge in [0.2, 0.25) is 0 Å². The van der Waals surface area contributed by atoms with Crippen LogP contribution in [0.15, 0.2) is 34.9 Å². The van der Waals surface area contributed by atoms with Crippen molar-refractivity contribution in [1.82, 2.24) is 14.9 Å². The lowest BCUT2D eigenvalue weighted by atomic mass is 10.2. The van der Waals surface area contributed by atoms with Crippen LogP contribution in [0.25, 0.3) is 5.69 Å². The second-order valence-corrected chi connectivity index (χ2v) is 5.93. The van der Waals surface area contributed by atoms with Crippen molar-refractivity contribution in [1.29, 1.82) is 0 Å². The number of benzene rings is 1. The van der Waals surface area contributed by atoms with Gasteiger partial charge in [0.05, 0.1) is 22.0 Å². The molecule has 1 N–H and O–H groups in total. The van der Waals surface area contributed by atoms with Gasteiger partial charge >= 0.3 is 6.18 Å². The van der Waals surface area contributed by atoms with Crippen LogP contribution < -0.4 is 5.32 Å². The first kappa shape index (κ1) is 18.0. The first-order valence-electron chi connectivity index (χ1n) is 7.33. The molecule has 6 nitrogen and oxygen atoms in total. The zero-order chi connectivity index (χ0) is 19.1. The third kappa shape index (κ3) is 3.57. The Balaban J connectivity index is 2.01. The van der Waals surface area contributed by atoms with Crippen molar-refractivity contribution < 1.29 is 22.5 Å². The maximum Gasteiger partial charge on any atom is 0.416 e. The van der Waals surface area contributed by atoms with Gasteiger partial charge in [-0.2, -0.15) is 18.3 Å². The highest BCUT2D eigenvalue weighted by molar-refractivity contribution is 6.32. The molecule has 0 spiro atoms. The van der Waals surface area contributed by atoms with Gasteiger partial charge < -0.3 is 9.84 Å². The Hall–Kier alpha value is -2.81. The van der Waals surface area contributed by atoms with Crippen LogP contribution in [0.4, 0.5) is 19.0 Å². The number of aryl methyl sites for hydroxylation is 2. The Morgan fingerprint density at radius 1 is 1.23 bits per heavy atom. The van der Waals surface area contributed by atoms with Crippen molar-refractivity contribution in [2.75, 3.05) is 5.32 Å². The number of hydrogen-bond donors (Lipinski definition) is 1. The quantitative estimate of drug-likeness (QED) is 0.726. The molecule has 0 unspecified atom stereocenters. The number of rotatable bonds is 3. The molecule has 3 rings (SSSR count). The molecule has 26 heavy (non-hydrogen) atoms. The molecule has 0 aliphatic rings. The standard InChI is InChI=1S/C16H12ClF3N4O2/c1-8-5-14(21-15(25)12-6-9(2)26-23-12)24(22-8)13-7-10(16(18,19)20)3-4-11(13)17/h3-7H,1-2H3,(H,21,25). The highest BCUT2D eigenvalue weighted by atomic mass is 35.5. The van der Waals surface area contributed by atoms with Crippen LogP contribution in [0.2, 0.25) is 5.02 Å². The molecule has 0 aliphatic heterocycles. The van der Waals surface area contributed by atoms with E-state index in [0.717, 1.165) is 22.9 Å². The summed E-state index contributed by atoms with van der Waals surface area (Å²) in [7, 11) is 0. The van der Waals surface area contributed by atoms with E-state index in [9.17, 15) is 18.0 Å². The van der Waals surface area contributed by atoms with E-state index in [2.05, 4.69) is 15.6 Å². The number of halogens is 4. The molecule has 10 heteroatoms. The first-order chi connectivity index (χ1) is 12.1. The van der Waals surface area contributed by atoms with E-state index >= 15 is 0 Å². The summed E-state index contributed by atoms with van der Waals surface area (Å²) in [6, 6.07) is 5.80. The fourth-order valence-corrected chi connectivity index (χ4v) is 2.47. The number of aromatic nitrogens is 3. The number of alkyl halides is 3. The Morgan fingerprint density at radius 3 is 2.58 bits per heavy atom. The van der Waals surface area contributed by atoms with Crippen molar-refractivity contribution in [2.45, 2.75) is 20.0 Å². The van der Waals surface area contributed by atoms with Gasteiger partial charge in [-0.15, -0.1) is 0 Å². The van der Waals surface area contributed by atoms with Crippen molar-refractivity contribution in [3.8, 4) is 5.69 Å². The molecule has 136 valence electrons. The van der Waals surface area contributed by atoms with Gasteiger partial charge in [-0.1, -0.05) is 16.8 Å². The van der Waals surface area contributed by atoms with Crippen LogP contribution in [-0.4, -0.2) is 20.8 Å². The Morgan fingerprint density at radius 2 is 1.96 bits per heavy atom. The van der Waals surface area contributed by atoms with Gasteiger partial charge in [0, 0.05) is 12.1 Å². The Kier molecular flexibility index (Phi) is 4.49. The first-order valence-corrected chi connectivity index (χ1v) is 7.71. The Labute approximate surface area is 150 Å². The number of amides is 1. The minimum Gasteiger partial charge on any atom is -0.361 e. The van der Waals surface area contributed by atoms with E-state index in [1.807, 2.05) is 0 Å². The molecule has 3 aromatic rings. The molecular weight excluding hydrogens is 373 g/mol. The minimum atomic E-state index is -4.54. The second-order valence-electron chi connectivity index (χ2n) is 5.52. The van der Waals surface area contributed by atoms with Crippen LogP contribution >= 0.6 is 11.6 Å². The minimum absolute atomic E-state index is 0.0128. The van der Waals surface area contributed by atoms with Crippen molar-refractivity contribution in [3.63, 3.8) is 0 Å². The molecule has 0 aliphatic carbocycles. The normalized spacial score (nSPS) is 11.6. The van der Waals surface area contributed by atoms with E-state index in [1.165, 1.54) is 12.1 Å². The molecule has 2 heterocycles. The predicted octanol–water partition coefficient (Wildman–Crippen LogP) is 4.40. The fourth-order valence-electron chi connectivity index (χ4n) is 2.28. The average Bonchev–Trinajstić information content (AvgIpc) is 3.12. The topological polar surface area (TPSA) is 73.0 Å². The van der Waals surface area contributed by atoms with Gasteiger partial charge in [-0.3, -0.25) is 4.79 Å². The molecule has 0 bridgehead atoms. The summed E-state index contributed by atoms with van der Waals surface area (Å²) in [5, 5.41) is 10.3. The van der Waals surface area contributed by atoms with Crippen LogP contribution in [0.3, 0.4) is 0 Å². The van der Waals surface area contributed by atoms with E-state index in [4.69, 9.17) is 16.1 Å². The van der Waals surface area contributed by atoms with Crippen LogP contribution in [0.1, 0.15) is 27.5 Å². The number of nitrogens with one attached hydrogen (secondary N) is 1. The SMILES string of the molecule is Cc1cc(NC(=O)c2cc(C)on2)n(-c2cc(C(F)(F)F)ccc2Cl)n1. The van der Waals surface area contributed by atoms with Crippen molar-refractivity contribution >= 4 is 23.3 Å².